The molecule has 0 saturated heterocycles. The number of anilines is 7. The molecule has 6 aromatic carbocycles. The highest BCUT2D eigenvalue weighted by Gasteiger charge is 2.57. The number of ether oxygens (including phenoxy) is 4. The van der Waals surface area contributed by atoms with E-state index in [2.05, 4.69) is 128 Å². The molecule has 0 heterocycles. The Bertz CT molecular complexity index is 3780. The summed E-state index contributed by atoms with van der Waals surface area (Å²) in [4.78, 5) is 22.7. The fraction of sp³-hybridized carbons (Fsp3) is 0.570. The quantitative estimate of drug-likeness (QED) is 0.0144. The second kappa shape index (κ2) is 38.5. The zero-order chi connectivity index (χ0) is 77.2. The van der Waals surface area contributed by atoms with E-state index in [9.17, 15) is 9.59 Å². The average molecular weight is 1460 g/mol. The summed E-state index contributed by atoms with van der Waals surface area (Å²) in [6, 6.07) is 41.4. The number of rotatable bonds is 21. The van der Waals surface area contributed by atoms with Crippen molar-refractivity contribution in [2.75, 3.05) is 60.4 Å². The number of benzene rings is 6. The third-order valence-electron chi connectivity index (χ3n) is 26.4. The summed E-state index contributed by atoms with van der Waals surface area (Å²) in [6.45, 7) is 24.2. The van der Waals surface area contributed by atoms with E-state index in [0.717, 1.165) is 88.7 Å². The summed E-state index contributed by atoms with van der Waals surface area (Å²) in [5.74, 6) is 12.5. The molecule has 7 aliphatic rings. The van der Waals surface area contributed by atoms with Gasteiger partial charge in [0.25, 0.3) is 0 Å². The minimum Gasteiger partial charge on any atom is -0.488 e. The van der Waals surface area contributed by atoms with E-state index >= 15 is 0 Å². The van der Waals surface area contributed by atoms with Gasteiger partial charge in [-0.15, -0.1) is 0 Å². The van der Waals surface area contributed by atoms with Crippen molar-refractivity contribution in [3.05, 3.63) is 167 Å². The van der Waals surface area contributed by atoms with Crippen molar-refractivity contribution >= 4 is 51.8 Å². The maximum absolute atomic E-state index is 11.6. The minimum absolute atomic E-state index is 0.0325. The number of hydrogen-bond acceptors (Lipinski definition) is 14. The highest BCUT2D eigenvalue weighted by atomic mass is 16.6. The zero-order valence-corrected chi connectivity index (χ0v) is 67.0. The Morgan fingerprint density at radius 2 is 1.15 bits per heavy atom. The second-order valence-electron chi connectivity index (χ2n) is 34.7. The van der Waals surface area contributed by atoms with Gasteiger partial charge in [-0.1, -0.05) is 168 Å². The number of unbranched alkanes of at least 4 members (excludes halogenated alkanes) is 2. The molecule has 14 nitrogen and oxygen atoms in total. The normalized spacial score (nSPS) is 26.8. The lowest BCUT2D eigenvalue weighted by Gasteiger charge is -2.59. The average Bonchev–Trinajstić information content (AvgIpc) is 1.72. The van der Waals surface area contributed by atoms with Gasteiger partial charge in [-0.25, -0.2) is 9.59 Å². The van der Waals surface area contributed by atoms with Gasteiger partial charge in [0.1, 0.15) is 30.5 Å². The first-order valence-corrected chi connectivity index (χ1v) is 41.2. The van der Waals surface area contributed by atoms with Gasteiger partial charge in [-0.3, -0.25) is 0 Å². The van der Waals surface area contributed by atoms with E-state index in [1.165, 1.54) is 209 Å². The first-order chi connectivity index (χ1) is 51.2. The Morgan fingerprint density at radius 1 is 0.561 bits per heavy atom. The molecule has 107 heavy (non-hydrogen) atoms. The van der Waals surface area contributed by atoms with Crippen LogP contribution in [0.25, 0.3) is 0 Å². The molecular formula is C93H136N8O6. The lowest BCUT2D eigenvalue weighted by molar-refractivity contribution is -0.140. The first kappa shape index (κ1) is 83.2. The predicted molar refractivity (Wildman–Crippen MR) is 447 cm³/mol. The number of hydrogen-bond donors (Lipinski definition) is 8. The van der Waals surface area contributed by atoms with Crippen LogP contribution in [0.15, 0.2) is 140 Å². The topological polar surface area (TPSA) is 279 Å². The van der Waals surface area contributed by atoms with Gasteiger partial charge in [0.2, 0.25) is 0 Å². The molecule has 0 aromatic heterocycles. The number of nitrogen functional groups attached to an aromatic ring is 7. The van der Waals surface area contributed by atoms with Crippen LogP contribution >= 0.6 is 0 Å². The van der Waals surface area contributed by atoms with Gasteiger partial charge >= 0.3 is 11.9 Å². The third kappa shape index (κ3) is 21.8. The Hall–Kier alpha value is -7.84. The second-order valence-corrected chi connectivity index (χ2v) is 34.7. The molecule has 14 heteroatoms. The Morgan fingerprint density at radius 3 is 1.77 bits per heavy atom. The Kier molecular flexibility index (Phi) is 29.9. The summed E-state index contributed by atoms with van der Waals surface area (Å²) >= 11 is 0. The third-order valence-corrected chi connectivity index (χ3v) is 26.4. The lowest BCUT2D eigenvalue weighted by atomic mass is 9.46. The molecule has 0 bridgehead atoms. The molecule has 6 aromatic rings. The molecule has 0 amide bonds. The van der Waals surface area contributed by atoms with Crippen LogP contribution < -0.4 is 55.3 Å². The van der Waals surface area contributed by atoms with Gasteiger partial charge in [-0.2, -0.15) is 0 Å². The molecule has 13 rings (SSSR count). The molecule has 6 fully saturated rings. The molecule has 584 valence electrons. The molecule has 6 saturated carbocycles. The number of nitrogens with two attached hydrogens (primary N) is 8. The highest BCUT2D eigenvalue weighted by molar-refractivity contribution is 5.92. The standard InChI is InChI=1S/C32H52N2O.C29H42N2O.C18H21N.C13H16N2O4.CH5N/c1-20(2)6-5-7-21(3)25-11-12-27-26(25)13-14-29-28(27)10-8-22-18-24(16-17-32(22,29)4)35-31-15-9-23(33)19-30(31)34;1-2-3-4-5-21-6-8-22(9-7-21)23-10-12-24(13-11-23)25-14-17-27(18-15-25)32-29-19-16-26(30)20-28(29)31;1-17(2)12-18(3,13-8-10-14(19)11-9-13)16-7-5-4-6-15(16)17;1-8(2)12(16)18-3-4-19-13(17)9-5-10(14)7-11(15)6-9;1-2/h9,15,19-22,24-29H,5-8,10-14,16-18,33-34H2,1-4H3;14-24H,2-13,30-31H2,1H3;4-11H,12,19H2,1-3H3;5-7H,1,3-4,14-15H2,2H3;2H2,1H3. The highest BCUT2D eigenvalue weighted by Crippen LogP contribution is 2.65. The molecule has 10 unspecified atom stereocenters. The number of esters is 2. The molecule has 10 atom stereocenters. The molecular weight excluding hydrogens is 1330 g/mol. The fourth-order valence-corrected chi connectivity index (χ4v) is 20.8. The predicted octanol–water partition coefficient (Wildman–Crippen LogP) is 21.6. The van der Waals surface area contributed by atoms with Gasteiger partial charge in [0.15, 0.2) is 0 Å². The van der Waals surface area contributed by atoms with Crippen molar-refractivity contribution in [1.29, 1.82) is 0 Å². The van der Waals surface area contributed by atoms with Gasteiger partial charge in [-0.05, 0) is 300 Å². The fourth-order valence-electron chi connectivity index (χ4n) is 20.8. The summed E-state index contributed by atoms with van der Waals surface area (Å²) < 4.78 is 22.1. The van der Waals surface area contributed by atoms with E-state index in [1.54, 1.807) is 6.07 Å². The van der Waals surface area contributed by atoms with Crippen molar-refractivity contribution < 1.29 is 28.5 Å². The van der Waals surface area contributed by atoms with Crippen LogP contribution in [0.3, 0.4) is 0 Å². The maximum Gasteiger partial charge on any atom is 0.338 e. The molecule has 0 spiro atoms. The minimum atomic E-state index is -0.578. The van der Waals surface area contributed by atoms with E-state index in [0.29, 0.717) is 57.3 Å². The van der Waals surface area contributed by atoms with Gasteiger partial charge < -0.3 is 64.8 Å². The maximum atomic E-state index is 11.6. The van der Waals surface area contributed by atoms with Crippen LogP contribution in [-0.4, -0.2) is 38.3 Å². The van der Waals surface area contributed by atoms with Crippen molar-refractivity contribution in [2.24, 2.45) is 76.2 Å². The van der Waals surface area contributed by atoms with Crippen molar-refractivity contribution in [2.45, 2.75) is 246 Å². The van der Waals surface area contributed by atoms with E-state index < -0.39 is 11.9 Å². The van der Waals surface area contributed by atoms with Gasteiger partial charge in [0, 0.05) is 39.4 Å². The number of fused-ring (bicyclic) bond motifs is 6. The Labute approximate surface area is 643 Å². The zero-order valence-electron chi connectivity index (χ0n) is 67.0. The monoisotopic (exact) mass is 1460 g/mol. The molecule has 0 radical (unpaired) electrons. The van der Waals surface area contributed by atoms with E-state index in [4.69, 9.17) is 59.1 Å². The van der Waals surface area contributed by atoms with Crippen molar-refractivity contribution in [3.63, 3.8) is 0 Å². The van der Waals surface area contributed by atoms with E-state index in [1.807, 2.05) is 42.5 Å². The first-order valence-electron chi connectivity index (χ1n) is 41.2. The van der Waals surface area contributed by atoms with Crippen LogP contribution in [-0.2, 0) is 25.1 Å². The summed E-state index contributed by atoms with van der Waals surface area (Å²) in [5, 5.41) is 0. The molecule has 0 aliphatic heterocycles. The lowest BCUT2D eigenvalue weighted by Crippen LogP contribution is -2.52. The van der Waals surface area contributed by atoms with Crippen LogP contribution in [0.5, 0.6) is 17.2 Å². The summed E-state index contributed by atoms with van der Waals surface area (Å²) in [7, 11) is 1.50. The van der Waals surface area contributed by atoms with Crippen molar-refractivity contribution in [3.8, 4) is 17.2 Å². The van der Waals surface area contributed by atoms with Crippen LogP contribution in [0.4, 0.5) is 39.8 Å². The van der Waals surface area contributed by atoms with Crippen LogP contribution in [0, 0.1) is 70.5 Å². The van der Waals surface area contributed by atoms with Crippen molar-refractivity contribution in [1.82, 2.24) is 0 Å². The molecule has 16 N–H and O–H groups in total. The largest absolute Gasteiger partial charge is 0.488 e. The van der Waals surface area contributed by atoms with Crippen LogP contribution in [0.1, 0.15) is 261 Å². The van der Waals surface area contributed by atoms with Gasteiger partial charge in [0.05, 0.1) is 23.0 Å². The molecule has 7 aliphatic carbocycles. The summed E-state index contributed by atoms with van der Waals surface area (Å²) in [6.07, 6.45) is 35.5. The number of carbonyl (C=O) groups is 2. The Balaban J connectivity index is 0.000000169. The summed E-state index contributed by atoms with van der Waals surface area (Å²) in [5.41, 5.74) is 56.6. The number of carbonyl (C=O) groups excluding carboxylic acids is 2. The van der Waals surface area contributed by atoms with Crippen LogP contribution in [0.2, 0.25) is 0 Å². The SMILES string of the molecule is C=C(C)C(=O)OCCOC(=O)c1cc(N)cc(N)c1.CC(C)CCCC(C)C1CCC2C1CCC1C2CCC2CC(Oc3ccc(N)cc3N)CCC21C.CC1(C)CC(C)(c2ccc(N)cc2)c2ccccc21.CCCCCC1CCC(C2CCC(c3ccc(Oc4ccc(N)cc4N)cc3)CC2)CC1.CN. The smallest absolute Gasteiger partial charge is 0.338 e. The van der Waals surface area contributed by atoms with E-state index in [-0.39, 0.29) is 35.2 Å².